The number of benzene rings is 1. The SMILES string of the molecule is COc1cc(CSc2[nH]c(=O)cc(C)c2C#N)c(OC)cc1Br. The van der Waals surface area contributed by atoms with Crippen molar-refractivity contribution in [2.45, 2.75) is 17.7 Å². The second kappa shape index (κ2) is 7.57. The summed E-state index contributed by atoms with van der Waals surface area (Å²) in [7, 11) is 3.19. The largest absolute Gasteiger partial charge is 0.496 e. The fraction of sp³-hybridized carbons (Fsp3) is 0.250. The molecule has 5 nitrogen and oxygen atoms in total. The van der Waals surface area contributed by atoms with Crippen LogP contribution in [0, 0.1) is 18.3 Å². The van der Waals surface area contributed by atoms with E-state index in [0.717, 1.165) is 10.0 Å². The van der Waals surface area contributed by atoms with Gasteiger partial charge in [-0.1, -0.05) is 0 Å². The molecule has 0 amide bonds. The number of aromatic nitrogens is 1. The van der Waals surface area contributed by atoms with Gasteiger partial charge in [0.05, 0.1) is 29.3 Å². The number of methoxy groups -OCH3 is 2. The topological polar surface area (TPSA) is 75.1 Å². The summed E-state index contributed by atoms with van der Waals surface area (Å²) in [6, 6.07) is 7.26. The standard InChI is InChI=1S/C16H15BrN2O3S/c1-9-4-15(20)19-16(11(9)7-18)23-8-10-5-14(22-3)12(17)6-13(10)21-2/h4-6H,8H2,1-3H3,(H,19,20). The zero-order chi connectivity index (χ0) is 17.0. The lowest BCUT2D eigenvalue weighted by atomic mass is 10.2. The van der Waals surface area contributed by atoms with Crippen LogP contribution in [-0.4, -0.2) is 19.2 Å². The second-order valence-corrected chi connectivity index (χ2v) is 6.56. The Bertz CT molecular complexity index is 827. The first-order valence-corrected chi connectivity index (χ1v) is 8.45. The molecule has 0 fully saturated rings. The quantitative estimate of drug-likeness (QED) is 0.783. The average Bonchev–Trinajstić information content (AvgIpc) is 2.52. The Balaban J connectivity index is 2.35. The van der Waals surface area contributed by atoms with Gasteiger partial charge in [0.25, 0.3) is 0 Å². The molecular formula is C16H15BrN2O3S. The van der Waals surface area contributed by atoms with Crippen LogP contribution in [0.25, 0.3) is 0 Å². The van der Waals surface area contributed by atoms with E-state index in [1.165, 1.54) is 17.8 Å². The lowest BCUT2D eigenvalue weighted by Crippen LogP contribution is -2.08. The van der Waals surface area contributed by atoms with Gasteiger partial charge >= 0.3 is 0 Å². The van der Waals surface area contributed by atoms with Crippen LogP contribution in [0.2, 0.25) is 0 Å². The monoisotopic (exact) mass is 394 g/mol. The first-order chi connectivity index (χ1) is 11.0. The van der Waals surface area contributed by atoms with Crippen LogP contribution < -0.4 is 15.0 Å². The maximum Gasteiger partial charge on any atom is 0.249 e. The molecular weight excluding hydrogens is 380 g/mol. The summed E-state index contributed by atoms with van der Waals surface area (Å²) in [4.78, 5) is 14.3. The van der Waals surface area contributed by atoms with Gasteiger partial charge in [-0.05, 0) is 40.5 Å². The Morgan fingerprint density at radius 2 is 1.96 bits per heavy atom. The number of pyridine rings is 1. The van der Waals surface area contributed by atoms with Gasteiger partial charge in [-0.15, -0.1) is 11.8 Å². The molecule has 1 N–H and O–H groups in total. The highest BCUT2D eigenvalue weighted by Crippen LogP contribution is 2.36. The third-order valence-corrected chi connectivity index (χ3v) is 4.91. The summed E-state index contributed by atoms with van der Waals surface area (Å²) >= 11 is 4.80. The van der Waals surface area contributed by atoms with E-state index in [1.54, 1.807) is 21.1 Å². The van der Waals surface area contributed by atoms with Crippen LogP contribution >= 0.6 is 27.7 Å². The Morgan fingerprint density at radius 3 is 2.57 bits per heavy atom. The number of halogens is 1. The molecule has 1 heterocycles. The number of hydrogen-bond acceptors (Lipinski definition) is 5. The van der Waals surface area contributed by atoms with Gasteiger partial charge in [0.15, 0.2) is 0 Å². The molecule has 0 radical (unpaired) electrons. The van der Waals surface area contributed by atoms with Crippen molar-refractivity contribution < 1.29 is 9.47 Å². The average molecular weight is 395 g/mol. The zero-order valence-corrected chi connectivity index (χ0v) is 15.3. The zero-order valence-electron chi connectivity index (χ0n) is 12.9. The number of nitrogens with zero attached hydrogens (tertiary/aromatic N) is 1. The molecule has 0 aliphatic rings. The smallest absolute Gasteiger partial charge is 0.249 e. The first kappa shape index (κ1) is 17.4. The number of thioether (sulfide) groups is 1. The predicted octanol–water partition coefficient (Wildman–Crippen LogP) is 3.63. The van der Waals surface area contributed by atoms with Crippen LogP contribution in [0.5, 0.6) is 11.5 Å². The normalized spacial score (nSPS) is 10.2. The minimum Gasteiger partial charge on any atom is -0.496 e. The predicted molar refractivity (Wildman–Crippen MR) is 93.3 cm³/mol. The highest BCUT2D eigenvalue weighted by molar-refractivity contribution is 9.10. The van der Waals surface area contributed by atoms with Crippen molar-refractivity contribution in [3.8, 4) is 17.6 Å². The molecule has 120 valence electrons. The van der Waals surface area contributed by atoms with Gasteiger partial charge in [-0.2, -0.15) is 5.26 Å². The summed E-state index contributed by atoms with van der Waals surface area (Å²) in [5, 5.41) is 9.83. The van der Waals surface area contributed by atoms with Crippen molar-refractivity contribution in [1.82, 2.24) is 4.98 Å². The van der Waals surface area contributed by atoms with Crippen molar-refractivity contribution in [2.24, 2.45) is 0 Å². The van der Waals surface area contributed by atoms with Crippen LogP contribution in [0.3, 0.4) is 0 Å². The van der Waals surface area contributed by atoms with Crippen molar-refractivity contribution >= 4 is 27.7 Å². The van der Waals surface area contributed by atoms with E-state index in [4.69, 9.17) is 9.47 Å². The molecule has 0 aliphatic carbocycles. The molecule has 0 unspecified atom stereocenters. The summed E-state index contributed by atoms with van der Waals surface area (Å²) in [5.74, 6) is 1.93. The molecule has 0 atom stereocenters. The third kappa shape index (κ3) is 3.89. The fourth-order valence-electron chi connectivity index (χ4n) is 2.09. The number of H-pyrrole nitrogens is 1. The molecule has 0 aliphatic heterocycles. The van der Waals surface area contributed by atoms with E-state index < -0.39 is 0 Å². The van der Waals surface area contributed by atoms with E-state index >= 15 is 0 Å². The van der Waals surface area contributed by atoms with E-state index in [9.17, 15) is 10.1 Å². The van der Waals surface area contributed by atoms with E-state index in [1.807, 2.05) is 12.1 Å². The molecule has 7 heteroatoms. The van der Waals surface area contributed by atoms with E-state index in [-0.39, 0.29) is 5.56 Å². The molecule has 0 bridgehead atoms. The fourth-order valence-corrected chi connectivity index (χ4v) is 3.63. The number of aryl methyl sites for hydroxylation is 1. The van der Waals surface area contributed by atoms with Gasteiger partial charge in [0.1, 0.15) is 17.6 Å². The molecule has 1 aromatic carbocycles. The Labute approximate surface area is 146 Å². The minimum absolute atomic E-state index is 0.218. The van der Waals surface area contributed by atoms with Crippen molar-refractivity contribution in [3.05, 3.63) is 49.7 Å². The molecule has 0 spiro atoms. The summed E-state index contributed by atoms with van der Waals surface area (Å²) in [6.45, 7) is 1.75. The Morgan fingerprint density at radius 1 is 1.26 bits per heavy atom. The van der Waals surface area contributed by atoms with Crippen LogP contribution in [0.15, 0.2) is 32.5 Å². The third-order valence-electron chi connectivity index (χ3n) is 3.24. The maximum absolute atomic E-state index is 11.6. The number of nitriles is 1. The number of hydrogen-bond donors (Lipinski definition) is 1. The molecule has 23 heavy (non-hydrogen) atoms. The highest BCUT2D eigenvalue weighted by Gasteiger charge is 2.13. The minimum atomic E-state index is -0.218. The number of nitrogens with one attached hydrogen (secondary N) is 1. The molecule has 0 saturated carbocycles. The van der Waals surface area contributed by atoms with Crippen LogP contribution in [0.1, 0.15) is 16.7 Å². The van der Waals surface area contributed by atoms with E-state index in [2.05, 4.69) is 27.0 Å². The van der Waals surface area contributed by atoms with Gasteiger partial charge in [0.2, 0.25) is 5.56 Å². The lowest BCUT2D eigenvalue weighted by Gasteiger charge is -2.12. The van der Waals surface area contributed by atoms with E-state index in [0.29, 0.717) is 33.4 Å². The molecule has 2 rings (SSSR count). The van der Waals surface area contributed by atoms with Gasteiger partial charge in [-0.25, -0.2) is 0 Å². The van der Waals surface area contributed by atoms with Crippen LogP contribution in [0.4, 0.5) is 0 Å². The van der Waals surface area contributed by atoms with Gasteiger partial charge in [-0.3, -0.25) is 4.79 Å². The highest BCUT2D eigenvalue weighted by atomic mass is 79.9. The second-order valence-electron chi connectivity index (χ2n) is 4.72. The summed E-state index contributed by atoms with van der Waals surface area (Å²) < 4.78 is 11.5. The molecule has 2 aromatic rings. The lowest BCUT2D eigenvalue weighted by molar-refractivity contribution is 0.398. The molecule has 0 saturated heterocycles. The summed E-state index contributed by atoms with van der Waals surface area (Å²) in [6.07, 6.45) is 0. The first-order valence-electron chi connectivity index (χ1n) is 6.67. The number of rotatable bonds is 5. The summed E-state index contributed by atoms with van der Waals surface area (Å²) in [5.41, 5.74) is 1.84. The number of aromatic amines is 1. The van der Waals surface area contributed by atoms with Gasteiger partial charge in [0, 0.05) is 17.4 Å². The van der Waals surface area contributed by atoms with Gasteiger partial charge < -0.3 is 14.5 Å². The van der Waals surface area contributed by atoms with Crippen LogP contribution in [-0.2, 0) is 5.75 Å². The number of ether oxygens (including phenoxy) is 2. The Hall–Kier alpha value is -1.91. The van der Waals surface area contributed by atoms with Crippen molar-refractivity contribution in [3.63, 3.8) is 0 Å². The molecule has 1 aromatic heterocycles. The van der Waals surface area contributed by atoms with Crippen molar-refractivity contribution in [2.75, 3.05) is 14.2 Å². The Kier molecular flexibility index (Phi) is 5.74. The van der Waals surface area contributed by atoms with Crippen molar-refractivity contribution in [1.29, 1.82) is 5.26 Å². The maximum atomic E-state index is 11.6.